The fourth-order valence-corrected chi connectivity index (χ4v) is 1.83. The van der Waals surface area contributed by atoms with E-state index in [1.807, 2.05) is 10.8 Å². The van der Waals surface area contributed by atoms with Gasteiger partial charge in [-0.05, 0) is 0 Å². The maximum atomic E-state index is 10.5. The SMILES string of the molecule is C=CCc1[nH]cc[n+]1CCCS(=O)(=O)O. The molecule has 6 heteroatoms. The molecule has 1 aromatic rings. The molecule has 5 nitrogen and oxygen atoms in total. The Hall–Kier alpha value is -1.14. The van der Waals surface area contributed by atoms with Gasteiger partial charge in [0.1, 0.15) is 12.4 Å². The third-order valence-corrected chi connectivity index (χ3v) is 2.79. The lowest BCUT2D eigenvalue weighted by atomic mass is 10.4. The van der Waals surface area contributed by atoms with Crippen LogP contribution in [0, 0.1) is 0 Å². The monoisotopic (exact) mass is 231 g/mol. The van der Waals surface area contributed by atoms with Crippen LogP contribution in [0.5, 0.6) is 0 Å². The van der Waals surface area contributed by atoms with Crippen molar-refractivity contribution in [3.05, 3.63) is 30.9 Å². The Balaban J connectivity index is 2.50. The van der Waals surface area contributed by atoms with Gasteiger partial charge in [0.25, 0.3) is 15.9 Å². The van der Waals surface area contributed by atoms with Crippen LogP contribution < -0.4 is 4.57 Å². The van der Waals surface area contributed by atoms with Gasteiger partial charge >= 0.3 is 0 Å². The first-order valence-corrected chi connectivity index (χ1v) is 6.25. The van der Waals surface area contributed by atoms with Gasteiger partial charge in [0, 0.05) is 6.42 Å². The fourth-order valence-electron chi connectivity index (χ4n) is 1.34. The number of aromatic amines is 1. The van der Waals surface area contributed by atoms with E-state index in [1.54, 1.807) is 12.3 Å². The third kappa shape index (κ3) is 4.26. The number of nitrogens with one attached hydrogen (secondary N) is 1. The van der Waals surface area contributed by atoms with Crippen LogP contribution in [-0.2, 0) is 23.1 Å². The summed E-state index contributed by atoms with van der Waals surface area (Å²) in [6, 6.07) is 0. The van der Waals surface area contributed by atoms with Crippen LogP contribution in [0.1, 0.15) is 12.2 Å². The lowest BCUT2D eigenvalue weighted by Crippen LogP contribution is -2.36. The summed E-state index contributed by atoms with van der Waals surface area (Å²) in [5.74, 6) is 0.763. The predicted molar refractivity (Wildman–Crippen MR) is 55.9 cm³/mol. The molecular formula is C9H15N2O3S+. The number of hydrogen-bond donors (Lipinski definition) is 2. The zero-order valence-electron chi connectivity index (χ0n) is 8.39. The van der Waals surface area contributed by atoms with E-state index in [0.29, 0.717) is 19.4 Å². The molecule has 15 heavy (non-hydrogen) atoms. The minimum Gasteiger partial charge on any atom is -0.286 e. The zero-order chi connectivity index (χ0) is 11.3. The van der Waals surface area contributed by atoms with E-state index in [-0.39, 0.29) is 5.75 Å². The lowest BCUT2D eigenvalue weighted by molar-refractivity contribution is -0.702. The van der Waals surface area contributed by atoms with Gasteiger partial charge in [-0.1, -0.05) is 6.08 Å². The average Bonchev–Trinajstić information content (AvgIpc) is 2.51. The third-order valence-electron chi connectivity index (χ3n) is 1.99. The van der Waals surface area contributed by atoms with Crippen molar-refractivity contribution >= 4 is 10.1 Å². The van der Waals surface area contributed by atoms with E-state index in [4.69, 9.17) is 4.55 Å². The summed E-state index contributed by atoms with van der Waals surface area (Å²) in [6.07, 6.45) is 6.49. The Kier molecular flexibility index (Phi) is 4.05. The Labute approximate surface area is 89.2 Å². The molecule has 0 spiro atoms. The smallest absolute Gasteiger partial charge is 0.265 e. The van der Waals surface area contributed by atoms with Crippen LogP contribution in [0.2, 0.25) is 0 Å². The van der Waals surface area contributed by atoms with Gasteiger partial charge < -0.3 is 0 Å². The Morgan fingerprint density at radius 2 is 2.33 bits per heavy atom. The Morgan fingerprint density at radius 3 is 2.93 bits per heavy atom. The number of nitrogens with zero attached hydrogens (tertiary/aromatic N) is 1. The second-order valence-corrected chi connectivity index (χ2v) is 4.80. The summed E-state index contributed by atoms with van der Waals surface area (Å²) >= 11 is 0. The largest absolute Gasteiger partial charge is 0.286 e. The quantitative estimate of drug-likeness (QED) is 0.420. The molecule has 84 valence electrons. The summed E-state index contributed by atoms with van der Waals surface area (Å²) in [6.45, 7) is 4.19. The van der Waals surface area contributed by atoms with Gasteiger partial charge in [-0.3, -0.25) is 4.55 Å². The van der Waals surface area contributed by atoms with E-state index in [9.17, 15) is 8.42 Å². The van der Waals surface area contributed by atoms with Crippen molar-refractivity contribution in [2.45, 2.75) is 19.4 Å². The molecule has 0 saturated heterocycles. The molecule has 0 amide bonds. The first-order valence-electron chi connectivity index (χ1n) is 4.64. The van der Waals surface area contributed by atoms with E-state index in [1.165, 1.54) is 0 Å². The molecule has 0 aliphatic carbocycles. The lowest BCUT2D eigenvalue weighted by Gasteiger charge is -1.98. The maximum Gasteiger partial charge on any atom is 0.265 e. The summed E-state index contributed by atoms with van der Waals surface area (Å²) < 4.78 is 31.5. The number of rotatable bonds is 6. The van der Waals surface area contributed by atoms with Crippen molar-refractivity contribution in [2.24, 2.45) is 0 Å². The molecule has 0 aliphatic rings. The highest BCUT2D eigenvalue weighted by molar-refractivity contribution is 7.85. The first kappa shape index (κ1) is 11.9. The molecule has 0 radical (unpaired) electrons. The van der Waals surface area contributed by atoms with Crippen molar-refractivity contribution in [1.29, 1.82) is 0 Å². The van der Waals surface area contributed by atoms with Gasteiger partial charge in [0.2, 0.25) is 0 Å². The molecular weight excluding hydrogens is 216 g/mol. The van der Waals surface area contributed by atoms with E-state index < -0.39 is 10.1 Å². The van der Waals surface area contributed by atoms with Gasteiger partial charge in [-0.25, -0.2) is 9.55 Å². The Morgan fingerprint density at radius 1 is 1.60 bits per heavy atom. The summed E-state index contributed by atoms with van der Waals surface area (Å²) in [5, 5.41) is 0. The minimum absolute atomic E-state index is 0.210. The standard InChI is InChI=1S/C9H14N2O3S/c1-2-4-9-10-5-7-11(9)6-3-8-15(12,13)14/h2,5,7H,1,3-4,6,8H2,(H,12,13,14)/p+1. The second-order valence-electron chi connectivity index (χ2n) is 3.23. The van der Waals surface area contributed by atoms with Gasteiger partial charge in [0.15, 0.2) is 0 Å². The number of hydrogen-bond acceptors (Lipinski definition) is 2. The molecule has 1 aromatic heterocycles. The molecule has 0 aromatic carbocycles. The molecule has 0 fully saturated rings. The fraction of sp³-hybridized carbons (Fsp3) is 0.444. The molecule has 0 saturated carbocycles. The predicted octanol–water partition coefficient (Wildman–Crippen LogP) is 0.309. The molecule has 0 bridgehead atoms. The van der Waals surface area contributed by atoms with Crippen molar-refractivity contribution < 1.29 is 17.5 Å². The zero-order valence-corrected chi connectivity index (χ0v) is 9.20. The molecule has 1 heterocycles. The normalized spacial score (nSPS) is 11.5. The van der Waals surface area contributed by atoms with Crippen LogP contribution in [0.15, 0.2) is 25.0 Å². The summed E-state index contributed by atoms with van der Waals surface area (Å²) in [5.41, 5.74) is 0. The van der Waals surface area contributed by atoms with E-state index in [0.717, 1.165) is 5.82 Å². The maximum absolute atomic E-state index is 10.5. The van der Waals surface area contributed by atoms with Gasteiger partial charge in [-0.15, -0.1) is 6.58 Å². The molecule has 0 unspecified atom stereocenters. The number of allylic oxidation sites excluding steroid dienone is 1. The van der Waals surface area contributed by atoms with Crippen molar-refractivity contribution in [3.8, 4) is 0 Å². The van der Waals surface area contributed by atoms with Crippen LogP contribution in [0.25, 0.3) is 0 Å². The van der Waals surface area contributed by atoms with Crippen LogP contribution in [0.3, 0.4) is 0 Å². The second kappa shape index (κ2) is 5.09. The molecule has 0 atom stereocenters. The summed E-state index contributed by atoms with van der Waals surface area (Å²) in [7, 11) is -3.85. The number of imidazole rings is 1. The van der Waals surface area contributed by atoms with Crippen LogP contribution in [-0.4, -0.2) is 23.7 Å². The molecule has 2 N–H and O–H groups in total. The Bertz CT molecular complexity index is 422. The van der Waals surface area contributed by atoms with Crippen molar-refractivity contribution in [3.63, 3.8) is 0 Å². The first-order chi connectivity index (χ1) is 7.03. The highest BCUT2D eigenvalue weighted by Crippen LogP contribution is 1.93. The molecule has 1 rings (SSSR count). The average molecular weight is 231 g/mol. The molecule has 0 aliphatic heterocycles. The van der Waals surface area contributed by atoms with Gasteiger partial charge in [-0.2, -0.15) is 8.42 Å². The topological polar surface area (TPSA) is 74.0 Å². The van der Waals surface area contributed by atoms with Crippen LogP contribution in [0.4, 0.5) is 0 Å². The van der Waals surface area contributed by atoms with E-state index >= 15 is 0 Å². The minimum atomic E-state index is -3.85. The van der Waals surface area contributed by atoms with Crippen molar-refractivity contribution in [1.82, 2.24) is 4.98 Å². The summed E-state index contributed by atoms with van der Waals surface area (Å²) in [4.78, 5) is 3.03. The highest BCUT2D eigenvalue weighted by atomic mass is 32.2. The van der Waals surface area contributed by atoms with Gasteiger partial charge in [0.05, 0.1) is 18.7 Å². The van der Waals surface area contributed by atoms with E-state index in [2.05, 4.69) is 11.6 Å². The number of H-pyrrole nitrogens is 1. The number of aromatic nitrogens is 2. The highest BCUT2D eigenvalue weighted by Gasteiger charge is 2.10. The number of aryl methyl sites for hydroxylation is 1. The van der Waals surface area contributed by atoms with Crippen molar-refractivity contribution in [2.75, 3.05) is 5.75 Å². The van der Waals surface area contributed by atoms with Crippen LogP contribution >= 0.6 is 0 Å².